The molecule has 0 fully saturated rings. The zero-order valence-electron chi connectivity index (χ0n) is 10.6. The van der Waals surface area contributed by atoms with Crippen molar-refractivity contribution in [3.8, 4) is 0 Å². The van der Waals surface area contributed by atoms with Gasteiger partial charge < -0.3 is 9.67 Å². The summed E-state index contributed by atoms with van der Waals surface area (Å²) in [7, 11) is 0. The van der Waals surface area contributed by atoms with Gasteiger partial charge in [0, 0.05) is 17.9 Å². The Morgan fingerprint density at radius 2 is 1.89 bits per heavy atom. The van der Waals surface area contributed by atoms with Gasteiger partial charge in [-0.2, -0.15) is 0 Å². The van der Waals surface area contributed by atoms with Gasteiger partial charge >= 0.3 is 5.97 Å². The Kier molecular flexibility index (Phi) is 3.38. The fourth-order valence-electron chi connectivity index (χ4n) is 2.08. The van der Waals surface area contributed by atoms with E-state index in [0.717, 1.165) is 17.8 Å². The van der Waals surface area contributed by atoms with Crippen LogP contribution in [-0.2, 0) is 6.54 Å². The molecule has 2 rings (SSSR count). The predicted molar refractivity (Wildman–Crippen MR) is 66.3 cm³/mol. The van der Waals surface area contributed by atoms with Crippen LogP contribution in [0.25, 0.3) is 0 Å². The normalized spacial score (nSPS) is 10.7. The molecule has 2 aromatic rings. The SMILES string of the molecule is Cc1cc(C(=O)O)c(C)n1Cc1ccc(F)c(F)c1. The van der Waals surface area contributed by atoms with Crippen LogP contribution < -0.4 is 0 Å². The Balaban J connectivity index is 2.38. The highest BCUT2D eigenvalue weighted by atomic mass is 19.2. The average Bonchev–Trinajstić information content (AvgIpc) is 2.62. The third kappa shape index (κ3) is 2.50. The number of aromatic nitrogens is 1. The summed E-state index contributed by atoms with van der Waals surface area (Å²) in [6.07, 6.45) is 0. The van der Waals surface area contributed by atoms with Crippen LogP contribution in [0.5, 0.6) is 0 Å². The summed E-state index contributed by atoms with van der Waals surface area (Å²) in [6, 6.07) is 5.24. The molecule has 1 heterocycles. The first-order valence-electron chi connectivity index (χ1n) is 5.74. The molecule has 0 saturated carbocycles. The van der Waals surface area contributed by atoms with E-state index in [4.69, 9.17) is 5.11 Å². The fraction of sp³-hybridized carbons (Fsp3) is 0.214. The number of hydrogen-bond acceptors (Lipinski definition) is 1. The second kappa shape index (κ2) is 4.84. The van der Waals surface area contributed by atoms with E-state index in [-0.39, 0.29) is 5.56 Å². The summed E-state index contributed by atoms with van der Waals surface area (Å²) < 4.78 is 27.7. The van der Waals surface area contributed by atoms with Crippen molar-refractivity contribution in [3.63, 3.8) is 0 Å². The Bertz CT molecular complexity index is 647. The lowest BCUT2D eigenvalue weighted by Crippen LogP contribution is -2.06. The third-order valence-electron chi connectivity index (χ3n) is 3.13. The number of aromatic carboxylic acids is 1. The van der Waals surface area contributed by atoms with Crippen molar-refractivity contribution < 1.29 is 18.7 Å². The zero-order chi connectivity index (χ0) is 14.2. The van der Waals surface area contributed by atoms with Gasteiger partial charge in [0.25, 0.3) is 0 Å². The second-order valence-corrected chi connectivity index (χ2v) is 4.42. The zero-order valence-corrected chi connectivity index (χ0v) is 10.6. The minimum atomic E-state index is -0.996. The topological polar surface area (TPSA) is 42.2 Å². The molecule has 100 valence electrons. The Hall–Kier alpha value is -2.17. The first kappa shape index (κ1) is 13.3. The third-order valence-corrected chi connectivity index (χ3v) is 3.13. The van der Waals surface area contributed by atoms with Gasteiger partial charge in [0.1, 0.15) is 0 Å². The number of nitrogens with zero attached hydrogens (tertiary/aromatic N) is 1. The monoisotopic (exact) mass is 265 g/mol. The number of hydrogen-bond donors (Lipinski definition) is 1. The van der Waals surface area contributed by atoms with Gasteiger partial charge in [-0.1, -0.05) is 6.07 Å². The lowest BCUT2D eigenvalue weighted by molar-refractivity contribution is 0.0696. The van der Waals surface area contributed by atoms with Crippen LogP contribution in [-0.4, -0.2) is 15.6 Å². The van der Waals surface area contributed by atoms with E-state index in [1.165, 1.54) is 6.07 Å². The molecule has 0 amide bonds. The molecule has 0 bridgehead atoms. The van der Waals surface area contributed by atoms with Crippen molar-refractivity contribution in [2.24, 2.45) is 0 Å². The van der Waals surface area contributed by atoms with E-state index in [0.29, 0.717) is 17.8 Å². The van der Waals surface area contributed by atoms with Gasteiger partial charge in [-0.15, -0.1) is 0 Å². The highest BCUT2D eigenvalue weighted by molar-refractivity contribution is 5.89. The summed E-state index contributed by atoms with van der Waals surface area (Å²) in [5, 5.41) is 9.03. The number of benzene rings is 1. The van der Waals surface area contributed by atoms with Crippen molar-refractivity contribution in [1.29, 1.82) is 0 Å². The highest BCUT2D eigenvalue weighted by Crippen LogP contribution is 2.18. The molecule has 19 heavy (non-hydrogen) atoms. The molecule has 0 saturated heterocycles. The Labute approximate surface area is 109 Å². The minimum Gasteiger partial charge on any atom is -0.478 e. The summed E-state index contributed by atoms with van der Waals surface area (Å²) in [5.74, 6) is -2.79. The van der Waals surface area contributed by atoms with E-state index in [9.17, 15) is 13.6 Å². The second-order valence-electron chi connectivity index (χ2n) is 4.42. The van der Waals surface area contributed by atoms with Crippen LogP contribution in [0.15, 0.2) is 24.3 Å². The number of aryl methyl sites for hydroxylation is 1. The maximum atomic E-state index is 13.1. The molecule has 1 aromatic carbocycles. The molecule has 0 aliphatic carbocycles. The van der Waals surface area contributed by atoms with Crippen LogP contribution in [0, 0.1) is 25.5 Å². The van der Waals surface area contributed by atoms with Crippen molar-refractivity contribution in [2.45, 2.75) is 20.4 Å². The smallest absolute Gasteiger partial charge is 0.337 e. The lowest BCUT2D eigenvalue weighted by atomic mass is 10.2. The summed E-state index contributed by atoms with van der Waals surface area (Å²) >= 11 is 0. The highest BCUT2D eigenvalue weighted by Gasteiger charge is 2.15. The molecule has 0 spiro atoms. The van der Waals surface area contributed by atoms with E-state index < -0.39 is 17.6 Å². The van der Waals surface area contributed by atoms with Crippen molar-refractivity contribution in [1.82, 2.24) is 4.57 Å². The van der Waals surface area contributed by atoms with Crippen LogP contribution in [0.2, 0.25) is 0 Å². The molecule has 3 nitrogen and oxygen atoms in total. The number of carboxylic acid groups (broad SMARTS) is 1. The van der Waals surface area contributed by atoms with E-state index in [1.54, 1.807) is 24.5 Å². The molecule has 1 N–H and O–H groups in total. The number of carboxylic acids is 1. The summed E-state index contributed by atoms with van der Waals surface area (Å²) in [6.45, 7) is 3.78. The number of rotatable bonds is 3. The molecular formula is C14H13F2NO2. The standard InChI is InChI=1S/C14H13F2NO2/c1-8-5-11(14(18)19)9(2)17(8)7-10-3-4-12(15)13(16)6-10/h3-6H,7H2,1-2H3,(H,18,19). The van der Waals surface area contributed by atoms with Crippen LogP contribution in [0.4, 0.5) is 8.78 Å². The van der Waals surface area contributed by atoms with Gasteiger partial charge in [-0.25, -0.2) is 13.6 Å². The first-order chi connectivity index (χ1) is 8.90. The Morgan fingerprint density at radius 3 is 2.42 bits per heavy atom. The van der Waals surface area contributed by atoms with Crippen molar-refractivity contribution in [2.75, 3.05) is 0 Å². The summed E-state index contributed by atoms with van der Waals surface area (Å²) in [5.41, 5.74) is 2.16. The molecule has 0 unspecified atom stereocenters. The maximum absolute atomic E-state index is 13.1. The van der Waals surface area contributed by atoms with Crippen molar-refractivity contribution in [3.05, 3.63) is 58.4 Å². The van der Waals surface area contributed by atoms with Gasteiger partial charge in [0.05, 0.1) is 5.56 Å². The Morgan fingerprint density at radius 1 is 1.21 bits per heavy atom. The minimum absolute atomic E-state index is 0.222. The molecule has 0 atom stereocenters. The van der Waals surface area contributed by atoms with E-state index in [1.807, 2.05) is 0 Å². The molecule has 0 radical (unpaired) electrons. The van der Waals surface area contributed by atoms with Gasteiger partial charge in [0.2, 0.25) is 0 Å². The number of carbonyl (C=O) groups is 1. The molecule has 0 aliphatic heterocycles. The van der Waals surface area contributed by atoms with Crippen LogP contribution in [0.1, 0.15) is 27.3 Å². The molecular weight excluding hydrogens is 252 g/mol. The average molecular weight is 265 g/mol. The molecule has 0 aliphatic rings. The predicted octanol–water partition coefficient (Wildman–Crippen LogP) is 3.13. The van der Waals surface area contributed by atoms with E-state index in [2.05, 4.69) is 0 Å². The maximum Gasteiger partial charge on any atom is 0.337 e. The molecule has 1 aromatic heterocycles. The van der Waals surface area contributed by atoms with E-state index >= 15 is 0 Å². The largest absolute Gasteiger partial charge is 0.478 e. The van der Waals surface area contributed by atoms with Gasteiger partial charge in [0.15, 0.2) is 11.6 Å². The van der Waals surface area contributed by atoms with Gasteiger partial charge in [-0.05, 0) is 37.6 Å². The van der Waals surface area contributed by atoms with Gasteiger partial charge in [-0.3, -0.25) is 0 Å². The van der Waals surface area contributed by atoms with Crippen LogP contribution >= 0.6 is 0 Å². The van der Waals surface area contributed by atoms with Crippen molar-refractivity contribution >= 4 is 5.97 Å². The number of halogens is 2. The first-order valence-corrected chi connectivity index (χ1v) is 5.74. The quantitative estimate of drug-likeness (QED) is 0.926. The fourth-order valence-corrected chi connectivity index (χ4v) is 2.08. The lowest BCUT2D eigenvalue weighted by Gasteiger charge is -2.10. The van der Waals surface area contributed by atoms with Crippen LogP contribution in [0.3, 0.4) is 0 Å². The molecule has 5 heteroatoms. The summed E-state index contributed by atoms with van der Waals surface area (Å²) in [4.78, 5) is 11.0.